The Morgan fingerprint density at radius 2 is 2.16 bits per heavy atom. The fourth-order valence-electron chi connectivity index (χ4n) is 3.01. The average Bonchev–Trinajstić information content (AvgIpc) is 2.87. The molecule has 3 heterocycles. The van der Waals surface area contributed by atoms with E-state index in [4.69, 9.17) is 9.47 Å². The zero-order valence-corrected chi connectivity index (χ0v) is 12.0. The highest BCUT2D eigenvalue weighted by Crippen LogP contribution is 2.31. The second-order valence-electron chi connectivity index (χ2n) is 5.67. The van der Waals surface area contributed by atoms with Gasteiger partial charge in [-0.25, -0.2) is 0 Å². The van der Waals surface area contributed by atoms with Crippen LogP contribution in [0.15, 0.2) is 0 Å². The molecule has 0 aromatic heterocycles. The summed E-state index contributed by atoms with van der Waals surface area (Å²) in [6.07, 6.45) is 5.11. The summed E-state index contributed by atoms with van der Waals surface area (Å²) < 4.78 is 11.5. The van der Waals surface area contributed by atoms with E-state index in [1.54, 1.807) is 0 Å². The molecule has 0 saturated carbocycles. The fraction of sp³-hybridized carbons (Fsp3) is 0.923. The molecule has 3 fully saturated rings. The molecule has 0 aliphatic carbocycles. The smallest absolute Gasteiger partial charge is 0.249 e. The average molecular weight is 291 g/mol. The van der Waals surface area contributed by atoms with Gasteiger partial charge in [0, 0.05) is 26.2 Å². The van der Waals surface area contributed by atoms with Gasteiger partial charge in [-0.05, 0) is 32.1 Å². The molecule has 1 spiro atoms. The van der Waals surface area contributed by atoms with E-state index in [1.165, 1.54) is 0 Å². The Bertz CT molecular complexity index is 317. The molecule has 0 radical (unpaired) electrons. The number of ether oxygens (including phenoxy) is 2. The van der Waals surface area contributed by atoms with Crippen molar-refractivity contribution in [3.8, 4) is 0 Å². The Morgan fingerprint density at radius 3 is 2.79 bits per heavy atom. The Morgan fingerprint density at radius 1 is 1.32 bits per heavy atom. The van der Waals surface area contributed by atoms with E-state index in [2.05, 4.69) is 10.6 Å². The van der Waals surface area contributed by atoms with Gasteiger partial charge >= 0.3 is 0 Å². The molecule has 6 heteroatoms. The van der Waals surface area contributed by atoms with Crippen LogP contribution in [0, 0.1) is 0 Å². The van der Waals surface area contributed by atoms with Crippen molar-refractivity contribution in [3.05, 3.63) is 0 Å². The van der Waals surface area contributed by atoms with E-state index in [-0.39, 0.29) is 36.1 Å². The lowest BCUT2D eigenvalue weighted by Crippen LogP contribution is -2.64. The van der Waals surface area contributed by atoms with Crippen LogP contribution < -0.4 is 10.6 Å². The number of nitrogens with one attached hydrogen (secondary N) is 2. The predicted octanol–water partition coefficient (Wildman–Crippen LogP) is 0.614. The minimum atomic E-state index is -0.262. The molecule has 3 aliphatic heterocycles. The number of carbonyl (C=O) groups excluding carboxylic acids is 1. The second-order valence-corrected chi connectivity index (χ2v) is 5.67. The van der Waals surface area contributed by atoms with E-state index in [1.807, 2.05) is 0 Å². The van der Waals surface area contributed by atoms with Crippen molar-refractivity contribution in [3.63, 3.8) is 0 Å². The summed E-state index contributed by atoms with van der Waals surface area (Å²) in [5.74, 6) is 0.0384. The van der Waals surface area contributed by atoms with Gasteiger partial charge in [-0.1, -0.05) is 0 Å². The molecule has 0 aromatic rings. The summed E-state index contributed by atoms with van der Waals surface area (Å²) in [7, 11) is 0. The maximum atomic E-state index is 12.1. The number of amides is 1. The molecule has 3 rings (SSSR count). The Labute approximate surface area is 120 Å². The van der Waals surface area contributed by atoms with Gasteiger partial charge < -0.3 is 20.1 Å². The number of hydrogen-bond acceptors (Lipinski definition) is 4. The van der Waals surface area contributed by atoms with Gasteiger partial charge in [0.25, 0.3) is 0 Å². The van der Waals surface area contributed by atoms with Crippen molar-refractivity contribution in [2.24, 2.45) is 0 Å². The summed E-state index contributed by atoms with van der Waals surface area (Å²) in [6.45, 7) is 3.24. The van der Waals surface area contributed by atoms with Crippen molar-refractivity contribution in [2.75, 3.05) is 26.2 Å². The molecule has 110 valence electrons. The lowest BCUT2D eigenvalue weighted by Gasteiger charge is -2.47. The second kappa shape index (κ2) is 6.39. The maximum absolute atomic E-state index is 12.1. The summed E-state index contributed by atoms with van der Waals surface area (Å²) in [5.41, 5.74) is -0.0515. The van der Waals surface area contributed by atoms with Crippen LogP contribution in [0.3, 0.4) is 0 Å². The molecule has 0 bridgehead atoms. The number of carbonyl (C=O) groups is 1. The highest BCUT2D eigenvalue weighted by molar-refractivity contribution is 5.85. The van der Waals surface area contributed by atoms with Gasteiger partial charge in [-0.2, -0.15) is 0 Å². The van der Waals surface area contributed by atoms with Gasteiger partial charge in [0.2, 0.25) is 5.91 Å². The quantitative estimate of drug-likeness (QED) is 0.800. The fourth-order valence-corrected chi connectivity index (χ4v) is 3.01. The van der Waals surface area contributed by atoms with Crippen LogP contribution in [-0.2, 0) is 14.3 Å². The van der Waals surface area contributed by atoms with Crippen LogP contribution in [0.1, 0.15) is 32.1 Å². The van der Waals surface area contributed by atoms with Crippen LogP contribution in [0.25, 0.3) is 0 Å². The monoisotopic (exact) mass is 290 g/mol. The predicted molar refractivity (Wildman–Crippen MR) is 73.6 cm³/mol. The van der Waals surface area contributed by atoms with Gasteiger partial charge in [0.1, 0.15) is 6.10 Å². The van der Waals surface area contributed by atoms with Crippen molar-refractivity contribution >= 4 is 18.3 Å². The molecule has 2 unspecified atom stereocenters. The van der Waals surface area contributed by atoms with E-state index < -0.39 is 0 Å². The molecule has 3 saturated heterocycles. The number of rotatable bonds is 3. The summed E-state index contributed by atoms with van der Waals surface area (Å²) in [4.78, 5) is 12.1. The first kappa shape index (κ1) is 15.0. The standard InChI is InChI=1S/C13H22N2O3.ClH/c16-12(15-7-10-3-2-6-17-10)11-4-1-5-13(18-11)8-14-9-13;/h10-11,14H,1-9H2,(H,15,16);1H. The maximum Gasteiger partial charge on any atom is 0.249 e. The van der Waals surface area contributed by atoms with Crippen molar-refractivity contribution < 1.29 is 14.3 Å². The van der Waals surface area contributed by atoms with Crippen LogP contribution in [-0.4, -0.2) is 50.0 Å². The van der Waals surface area contributed by atoms with Crippen molar-refractivity contribution in [2.45, 2.75) is 49.9 Å². The van der Waals surface area contributed by atoms with Crippen LogP contribution in [0.5, 0.6) is 0 Å². The van der Waals surface area contributed by atoms with Gasteiger partial charge in [-0.3, -0.25) is 4.79 Å². The summed E-state index contributed by atoms with van der Waals surface area (Å²) in [6, 6.07) is 0. The molecule has 3 aliphatic rings. The Kier molecular flexibility index (Phi) is 5.06. The van der Waals surface area contributed by atoms with Crippen LogP contribution in [0.4, 0.5) is 0 Å². The Hall–Kier alpha value is -0.360. The zero-order chi connectivity index (χ0) is 12.4. The molecular weight excluding hydrogens is 268 g/mol. The largest absolute Gasteiger partial charge is 0.376 e. The number of hydrogen-bond donors (Lipinski definition) is 2. The van der Waals surface area contributed by atoms with Crippen LogP contribution >= 0.6 is 12.4 Å². The molecule has 2 atom stereocenters. The minimum Gasteiger partial charge on any atom is -0.376 e. The highest BCUT2D eigenvalue weighted by atomic mass is 35.5. The van der Waals surface area contributed by atoms with Gasteiger partial charge in [0.15, 0.2) is 0 Å². The van der Waals surface area contributed by atoms with Crippen molar-refractivity contribution in [1.82, 2.24) is 10.6 Å². The lowest BCUT2D eigenvalue weighted by atomic mass is 9.86. The topological polar surface area (TPSA) is 59.6 Å². The minimum absolute atomic E-state index is 0. The van der Waals surface area contributed by atoms with E-state index >= 15 is 0 Å². The van der Waals surface area contributed by atoms with E-state index in [0.717, 1.165) is 51.8 Å². The molecule has 1 amide bonds. The first-order chi connectivity index (χ1) is 8.77. The molecule has 2 N–H and O–H groups in total. The van der Waals surface area contributed by atoms with Gasteiger partial charge in [-0.15, -0.1) is 12.4 Å². The number of halogens is 1. The van der Waals surface area contributed by atoms with E-state index in [0.29, 0.717) is 6.54 Å². The first-order valence-corrected chi connectivity index (χ1v) is 7.05. The normalized spacial score (nSPS) is 32.4. The highest BCUT2D eigenvalue weighted by Gasteiger charge is 2.44. The zero-order valence-electron chi connectivity index (χ0n) is 11.2. The third kappa shape index (κ3) is 3.40. The Balaban J connectivity index is 0.00000133. The third-order valence-electron chi connectivity index (χ3n) is 4.21. The third-order valence-corrected chi connectivity index (χ3v) is 4.21. The lowest BCUT2D eigenvalue weighted by molar-refractivity contribution is -0.171. The van der Waals surface area contributed by atoms with Crippen molar-refractivity contribution in [1.29, 1.82) is 0 Å². The molecule has 5 nitrogen and oxygen atoms in total. The molecule has 19 heavy (non-hydrogen) atoms. The summed E-state index contributed by atoms with van der Waals surface area (Å²) >= 11 is 0. The SMILES string of the molecule is Cl.O=C(NCC1CCCO1)C1CCCC2(CNC2)O1. The first-order valence-electron chi connectivity index (χ1n) is 7.05. The van der Waals surface area contributed by atoms with E-state index in [9.17, 15) is 4.79 Å². The summed E-state index contributed by atoms with van der Waals surface area (Å²) in [5, 5.41) is 6.20. The molecular formula is C13H23ClN2O3. The molecule has 0 aromatic carbocycles. The van der Waals surface area contributed by atoms with Gasteiger partial charge in [0.05, 0.1) is 11.7 Å². The van der Waals surface area contributed by atoms with Crippen LogP contribution in [0.2, 0.25) is 0 Å².